The van der Waals surface area contributed by atoms with Crippen molar-refractivity contribution < 1.29 is 23.4 Å². The van der Waals surface area contributed by atoms with E-state index in [0.29, 0.717) is 46.2 Å². The van der Waals surface area contributed by atoms with Gasteiger partial charge < -0.3 is 18.6 Å². The number of fused-ring (bicyclic) bond motifs is 1. The van der Waals surface area contributed by atoms with Gasteiger partial charge in [-0.2, -0.15) is 5.10 Å². The fraction of sp³-hybridized carbons (Fsp3) is 0.240. The number of benzene rings is 2. The average Bonchev–Trinajstić information content (AvgIpc) is 3.61. The van der Waals surface area contributed by atoms with E-state index in [2.05, 4.69) is 5.10 Å². The Morgan fingerprint density at radius 1 is 1.06 bits per heavy atom. The molecule has 0 fully saturated rings. The van der Waals surface area contributed by atoms with Gasteiger partial charge in [-0.3, -0.25) is 4.79 Å². The molecule has 8 nitrogen and oxygen atoms in total. The summed E-state index contributed by atoms with van der Waals surface area (Å²) in [4.78, 5) is 18.0. The van der Waals surface area contributed by atoms with E-state index in [0.717, 1.165) is 16.2 Å². The lowest BCUT2D eigenvalue weighted by Gasteiger charge is -2.18. The van der Waals surface area contributed by atoms with Crippen LogP contribution < -0.4 is 14.2 Å². The second-order valence-electron chi connectivity index (χ2n) is 7.76. The molecule has 9 heteroatoms. The van der Waals surface area contributed by atoms with Crippen LogP contribution in [0.25, 0.3) is 22.6 Å². The molecule has 1 amide bonds. The van der Waals surface area contributed by atoms with Gasteiger partial charge in [-0.25, -0.2) is 9.99 Å². The van der Waals surface area contributed by atoms with Crippen molar-refractivity contribution in [3.05, 3.63) is 58.3 Å². The molecule has 5 rings (SSSR count). The first-order chi connectivity index (χ1) is 16.5. The molecule has 0 saturated heterocycles. The van der Waals surface area contributed by atoms with Gasteiger partial charge in [0.15, 0.2) is 17.1 Å². The summed E-state index contributed by atoms with van der Waals surface area (Å²) in [6, 6.07) is 13.3. The van der Waals surface area contributed by atoms with Crippen LogP contribution in [0.4, 0.5) is 0 Å². The highest BCUT2D eigenvalue weighted by Crippen LogP contribution is 2.41. The quantitative estimate of drug-likeness (QED) is 0.376. The molecule has 174 valence electrons. The summed E-state index contributed by atoms with van der Waals surface area (Å²) in [5.41, 5.74) is 3.78. The standard InChI is InChI=1S/C25H23N3O5S/c1-14(29)28-19(23-6-5-9-34-23)13-17(27-28)15-7-8-20-18(10-15)26-25(33-20)16-11-21(30-2)24(32-4)22(12-16)31-3/h5-12,19H,13H2,1-4H3. The number of aromatic nitrogens is 1. The van der Waals surface area contributed by atoms with Crippen LogP contribution in [0.2, 0.25) is 0 Å². The number of thiophene rings is 1. The largest absolute Gasteiger partial charge is 0.493 e. The third-order valence-corrected chi connectivity index (χ3v) is 6.71. The lowest BCUT2D eigenvalue weighted by Crippen LogP contribution is -2.23. The van der Waals surface area contributed by atoms with Crippen LogP contribution in [-0.2, 0) is 4.79 Å². The van der Waals surface area contributed by atoms with E-state index in [1.54, 1.807) is 49.8 Å². The second kappa shape index (κ2) is 8.83. The number of hydrogen-bond acceptors (Lipinski definition) is 8. The Morgan fingerprint density at radius 3 is 2.44 bits per heavy atom. The molecule has 3 heterocycles. The lowest BCUT2D eigenvalue weighted by atomic mass is 10.0. The summed E-state index contributed by atoms with van der Waals surface area (Å²) in [5, 5.41) is 8.21. The smallest absolute Gasteiger partial charge is 0.240 e. The number of carbonyl (C=O) groups is 1. The highest BCUT2D eigenvalue weighted by Gasteiger charge is 2.32. The third-order valence-electron chi connectivity index (χ3n) is 5.74. The van der Waals surface area contributed by atoms with Gasteiger partial charge in [-0.1, -0.05) is 6.07 Å². The monoisotopic (exact) mass is 477 g/mol. The zero-order valence-electron chi connectivity index (χ0n) is 19.2. The Morgan fingerprint density at radius 2 is 1.82 bits per heavy atom. The van der Waals surface area contributed by atoms with Gasteiger partial charge in [0.05, 0.1) is 33.1 Å². The van der Waals surface area contributed by atoms with Crippen LogP contribution in [0.15, 0.2) is 57.4 Å². The van der Waals surface area contributed by atoms with Crippen molar-refractivity contribution in [2.45, 2.75) is 19.4 Å². The number of rotatable bonds is 6. The van der Waals surface area contributed by atoms with Crippen LogP contribution in [0.1, 0.15) is 29.8 Å². The predicted octanol–water partition coefficient (Wildman–Crippen LogP) is 5.28. The molecule has 0 radical (unpaired) electrons. The highest BCUT2D eigenvalue weighted by atomic mass is 32.1. The second-order valence-corrected chi connectivity index (χ2v) is 8.74. The van der Waals surface area contributed by atoms with E-state index in [1.165, 1.54) is 6.92 Å². The Hall–Kier alpha value is -3.85. The number of oxazole rings is 1. The average molecular weight is 478 g/mol. The molecule has 1 unspecified atom stereocenters. The summed E-state index contributed by atoms with van der Waals surface area (Å²) in [5.74, 6) is 1.89. The number of carbonyl (C=O) groups excluding carboxylic acids is 1. The number of hydrogen-bond donors (Lipinski definition) is 0. The number of methoxy groups -OCH3 is 3. The Labute approximate surface area is 200 Å². The Bertz CT molecular complexity index is 1370. The normalized spacial score (nSPS) is 15.5. The van der Waals surface area contributed by atoms with Crippen LogP contribution in [-0.4, -0.2) is 42.9 Å². The van der Waals surface area contributed by atoms with Crippen molar-refractivity contribution in [1.29, 1.82) is 0 Å². The highest BCUT2D eigenvalue weighted by molar-refractivity contribution is 7.10. The molecule has 0 bridgehead atoms. The van der Waals surface area contributed by atoms with E-state index < -0.39 is 0 Å². The fourth-order valence-electron chi connectivity index (χ4n) is 4.11. The molecule has 2 aromatic heterocycles. The predicted molar refractivity (Wildman–Crippen MR) is 130 cm³/mol. The minimum atomic E-state index is -0.0877. The van der Waals surface area contributed by atoms with E-state index in [4.69, 9.17) is 23.6 Å². The molecule has 4 aromatic rings. The van der Waals surface area contributed by atoms with Gasteiger partial charge in [0.2, 0.25) is 17.5 Å². The molecule has 2 aromatic carbocycles. The van der Waals surface area contributed by atoms with Crippen LogP contribution >= 0.6 is 11.3 Å². The first kappa shape index (κ1) is 22.0. The van der Waals surface area contributed by atoms with Crippen LogP contribution in [0.5, 0.6) is 17.2 Å². The van der Waals surface area contributed by atoms with Gasteiger partial charge >= 0.3 is 0 Å². The van der Waals surface area contributed by atoms with E-state index >= 15 is 0 Å². The Balaban J connectivity index is 1.51. The maximum atomic E-state index is 12.2. The molecule has 34 heavy (non-hydrogen) atoms. The molecule has 1 atom stereocenters. The summed E-state index contributed by atoms with van der Waals surface area (Å²) in [6.45, 7) is 1.54. The van der Waals surface area contributed by atoms with E-state index in [9.17, 15) is 4.79 Å². The van der Waals surface area contributed by atoms with Gasteiger partial charge in [0, 0.05) is 29.3 Å². The minimum Gasteiger partial charge on any atom is -0.493 e. The van der Waals surface area contributed by atoms with Crippen LogP contribution in [0, 0.1) is 0 Å². The lowest BCUT2D eigenvalue weighted by molar-refractivity contribution is -0.130. The summed E-state index contributed by atoms with van der Waals surface area (Å²) in [6.07, 6.45) is 0.642. The summed E-state index contributed by atoms with van der Waals surface area (Å²) in [7, 11) is 4.69. The van der Waals surface area contributed by atoms with Crippen molar-refractivity contribution >= 4 is 34.1 Å². The molecular weight excluding hydrogens is 454 g/mol. The fourth-order valence-corrected chi connectivity index (χ4v) is 4.92. The van der Waals surface area contributed by atoms with E-state index in [-0.39, 0.29) is 11.9 Å². The number of hydrazone groups is 1. The number of nitrogens with zero attached hydrogens (tertiary/aromatic N) is 3. The molecule has 0 spiro atoms. The first-order valence-corrected chi connectivity index (χ1v) is 11.5. The van der Waals surface area contributed by atoms with Crippen LogP contribution in [0.3, 0.4) is 0 Å². The van der Waals surface area contributed by atoms with Gasteiger partial charge in [0.25, 0.3) is 0 Å². The SMILES string of the molecule is COc1cc(-c2nc3cc(C4=NN(C(C)=O)C(c5cccs5)C4)ccc3o2)cc(OC)c1OC. The topological polar surface area (TPSA) is 86.4 Å². The molecule has 1 aliphatic rings. The van der Waals surface area contributed by atoms with Gasteiger partial charge in [0.1, 0.15) is 5.52 Å². The zero-order valence-corrected chi connectivity index (χ0v) is 20.0. The minimum absolute atomic E-state index is 0.0828. The van der Waals surface area contributed by atoms with Gasteiger partial charge in [-0.15, -0.1) is 11.3 Å². The zero-order chi connectivity index (χ0) is 23.8. The molecule has 0 aliphatic carbocycles. The van der Waals surface area contributed by atoms with Crippen molar-refractivity contribution in [2.24, 2.45) is 5.10 Å². The molecule has 0 N–H and O–H groups in total. The molecular formula is C25H23N3O5S. The maximum absolute atomic E-state index is 12.2. The summed E-state index contributed by atoms with van der Waals surface area (Å²) >= 11 is 1.63. The van der Waals surface area contributed by atoms with Gasteiger partial charge in [-0.05, 0) is 41.8 Å². The van der Waals surface area contributed by atoms with Crippen molar-refractivity contribution in [3.63, 3.8) is 0 Å². The van der Waals surface area contributed by atoms with Crippen molar-refractivity contribution in [3.8, 4) is 28.7 Å². The maximum Gasteiger partial charge on any atom is 0.240 e. The van der Waals surface area contributed by atoms with Crippen molar-refractivity contribution in [2.75, 3.05) is 21.3 Å². The Kier molecular flexibility index (Phi) is 5.70. The van der Waals surface area contributed by atoms with E-state index in [1.807, 2.05) is 35.7 Å². The first-order valence-electron chi connectivity index (χ1n) is 10.6. The molecule has 1 aliphatic heterocycles. The molecule has 0 saturated carbocycles. The van der Waals surface area contributed by atoms with Crippen molar-refractivity contribution in [1.82, 2.24) is 9.99 Å². The third kappa shape index (κ3) is 3.77. The number of ether oxygens (including phenoxy) is 3. The number of amides is 1. The summed E-state index contributed by atoms with van der Waals surface area (Å²) < 4.78 is 22.3.